The van der Waals surface area contributed by atoms with Crippen LogP contribution in [-0.4, -0.2) is 38.6 Å². The first kappa shape index (κ1) is 19.4. The molecule has 0 aliphatic carbocycles. The molecule has 0 radical (unpaired) electrons. The highest BCUT2D eigenvalue weighted by molar-refractivity contribution is 7.89. The summed E-state index contributed by atoms with van der Waals surface area (Å²) in [5.74, 6) is -1.95. The summed E-state index contributed by atoms with van der Waals surface area (Å²) in [5, 5.41) is 8.93. The van der Waals surface area contributed by atoms with Crippen LogP contribution in [-0.2, 0) is 19.6 Å². The number of benzene rings is 1. The summed E-state index contributed by atoms with van der Waals surface area (Å²) < 4.78 is 31.3. The van der Waals surface area contributed by atoms with Crippen molar-refractivity contribution in [2.45, 2.75) is 31.2 Å². The number of carboxylic acids is 1. The molecule has 0 fully saturated rings. The summed E-state index contributed by atoms with van der Waals surface area (Å²) in [6, 6.07) is 2.26. The predicted molar refractivity (Wildman–Crippen MR) is 84.0 cm³/mol. The van der Waals surface area contributed by atoms with E-state index >= 15 is 0 Å². The van der Waals surface area contributed by atoms with Gasteiger partial charge in [-0.2, -0.15) is 4.72 Å². The molecule has 0 amide bonds. The Labute approximate surface area is 139 Å². The molecule has 23 heavy (non-hydrogen) atoms. The summed E-state index contributed by atoms with van der Waals surface area (Å²) in [5.41, 5.74) is 0.0911. The van der Waals surface area contributed by atoms with E-state index in [-0.39, 0.29) is 27.8 Å². The van der Waals surface area contributed by atoms with Crippen LogP contribution in [0.5, 0.6) is 0 Å². The summed E-state index contributed by atoms with van der Waals surface area (Å²) >= 11 is 5.91. The van der Waals surface area contributed by atoms with Crippen LogP contribution in [0.15, 0.2) is 23.1 Å². The third-order valence-corrected chi connectivity index (χ3v) is 4.90. The molecule has 7 nitrogen and oxygen atoms in total. The number of carboxylic acid groups (broad SMARTS) is 1. The number of ether oxygens (including phenoxy) is 1. The Hall–Kier alpha value is -1.64. The largest absolute Gasteiger partial charge is 0.480 e. The maximum absolute atomic E-state index is 12.3. The Bertz CT molecular complexity index is 701. The Morgan fingerprint density at radius 3 is 2.39 bits per heavy atom. The van der Waals surface area contributed by atoms with Crippen LogP contribution >= 0.6 is 11.6 Å². The maximum Gasteiger partial charge on any atom is 0.337 e. The van der Waals surface area contributed by atoms with Gasteiger partial charge in [-0.15, -0.1) is 0 Å². The number of rotatable bonds is 7. The lowest BCUT2D eigenvalue weighted by Gasteiger charge is -2.17. The molecule has 0 aliphatic heterocycles. The fourth-order valence-electron chi connectivity index (χ4n) is 1.89. The molecular weight excluding hydrogens is 346 g/mol. The lowest BCUT2D eigenvalue weighted by Crippen LogP contribution is -2.41. The number of hydrogen-bond donors (Lipinski definition) is 2. The Balaban J connectivity index is 3.13. The number of carbonyl (C=O) groups is 2. The Morgan fingerprint density at radius 2 is 1.96 bits per heavy atom. The average molecular weight is 364 g/mol. The van der Waals surface area contributed by atoms with Gasteiger partial charge in [-0.05, 0) is 30.5 Å². The van der Waals surface area contributed by atoms with Crippen molar-refractivity contribution in [3.05, 3.63) is 28.8 Å². The lowest BCUT2D eigenvalue weighted by molar-refractivity contribution is -0.139. The van der Waals surface area contributed by atoms with Crippen LogP contribution in [0, 0.1) is 5.92 Å². The third kappa shape index (κ3) is 5.19. The van der Waals surface area contributed by atoms with Gasteiger partial charge in [0.2, 0.25) is 10.0 Å². The Morgan fingerprint density at radius 1 is 1.35 bits per heavy atom. The van der Waals surface area contributed by atoms with E-state index in [2.05, 4.69) is 9.46 Å². The molecule has 2 N–H and O–H groups in total. The third-order valence-electron chi connectivity index (χ3n) is 2.95. The highest BCUT2D eigenvalue weighted by Gasteiger charge is 2.28. The fourth-order valence-corrected chi connectivity index (χ4v) is 3.63. The van der Waals surface area contributed by atoms with Crippen LogP contribution < -0.4 is 4.72 Å². The minimum absolute atomic E-state index is 0.0176. The van der Waals surface area contributed by atoms with Crippen molar-refractivity contribution in [3.8, 4) is 0 Å². The van der Waals surface area contributed by atoms with Crippen molar-refractivity contribution in [1.82, 2.24) is 4.72 Å². The highest BCUT2D eigenvalue weighted by atomic mass is 35.5. The zero-order valence-corrected chi connectivity index (χ0v) is 14.4. The molecule has 1 atom stereocenters. The van der Waals surface area contributed by atoms with E-state index in [9.17, 15) is 18.0 Å². The number of hydrogen-bond acceptors (Lipinski definition) is 5. The molecule has 0 unspecified atom stereocenters. The zero-order valence-electron chi connectivity index (χ0n) is 12.9. The van der Waals surface area contributed by atoms with Gasteiger partial charge in [0.15, 0.2) is 0 Å². The van der Waals surface area contributed by atoms with E-state index in [0.717, 1.165) is 12.1 Å². The first-order valence-corrected chi connectivity index (χ1v) is 8.57. The molecule has 0 spiro atoms. The Kier molecular flexibility index (Phi) is 6.55. The second kappa shape index (κ2) is 7.76. The van der Waals surface area contributed by atoms with Crippen molar-refractivity contribution >= 4 is 33.6 Å². The first-order chi connectivity index (χ1) is 10.6. The van der Waals surface area contributed by atoms with E-state index in [4.69, 9.17) is 16.7 Å². The molecule has 1 aromatic rings. The van der Waals surface area contributed by atoms with Crippen molar-refractivity contribution in [3.63, 3.8) is 0 Å². The monoisotopic (exact) mass is 363 g/mol. The second-order valence-corrected chi connectivity index (χ2v) is 7.37. The van der Waals surface area contributed by atoms with E-state index in [1.165, 1.54) is 13.2 Å². The highest BCUT2D eigenvalue weighted by Crippen LogP contribution is 2.23. The standard InChI is InChI=1S/C14H18ClNO6S/c1-8(2)6-11(13(17)18)16-23(20,21)12-5-4-9(7-10(12)15)14(19)22-3/h4-5,7-8,11,16H,6H2,1-3H3,(H,17,18)/t11-/m0/s1. The molecule has 128 valence electrons. The van der Waals surface area contributed by atoms with Gasteiger partial charge in [-0.1, -0.05) is 25.4 Å². The lowest BCUT2D eigenvalue weighted by atomic mass is 10.1. The number of sulfonamides is 1. The fraction of sp³-hybridized carbons (Fsp3) is 0.429. The quantitative estimate of drug-likeness (QED) is 0.716. The average Bonchev–Trinajstić information content (AvgIpc) is 2.44. The molecular formula is C14H18ClNO6S. The molecule has 0 aliphatic rings. The van der Waals surface area contributed by atoms with Crippen LogP contribution in [0.1, 0.15) is 30.6 Å². The number of halogens is 1. The number of nitrogens with one attached hydrogen (secondary N) is 1. The topological polar surface area (TPSA) is 110 Å². The molecule has 0 bridgehead atoms. The number of esters is 1. The van der Waals surface area contributed by atoms with E-state index < -0.39 is 28.0 Å². The van der Waals surface area contributed by atoms with Crippen molar-refractivity contribution < 1.29 is 27.9 Å². The van der Waals surface area contributed by atoms with Gasteiger partial charge in [0, 0.05) is 0 Å². The summed E-state index contributed by atoms with van der Waals surface area (Å²) in [4.78, 5) is 22.3. The van der Waals surface area contributed by atoms with Gasteiger partial charge in [0.25, 0.3) is 0 Å². The normalized spacial score (nSPS) is 12.9. The smallest absolute Gasteiger partial charge is 0.337 e. The molecule has 1 rings (SSSR count). The molecule has 0 aromatic heterocycles. The number of carbonyl (C=O) groups excluding carboxylic acids is 1. The molecule has 1 aromatic carbocycles. The van der Waals surface area contributed by atoms with Crippen LogP contribution in [0.2, 0.25) is 5.02 Å². The van der Waals surface area contributed by atoms with Crippen molar-refractivity contribution in [2.75, 3.05) is 7.11 Å². The molecule has 0 saturated heterocycles. The minimum atomic E-state index is -4.14. The van der Waals surface area contributed by atoms with Crippen molar-refractivity contribution in [2.24, 2.45) is 5.92 Å². The second-order valence-electron chi connectivity index (χ2n) is 5.28. The van der Waals surface area contributed by atoms with Gasteiger partial charge < -0.3 is 9.84 Å². The van der Waals surface area contributed by atoms with E-state index in [1.807, 2.05) is 0 Å². The SMILES string of the molecule is COC(=O)c1ccc(S(=O)(=O)N[C@@H](CC(C)C)C(=O)O)c(Cl)c1. The number of methoxy groups -OCH3 is 1. The van der Waals surface area contributed by atoms with Gasteiger partial charge in [-0.25, -0.2) is 13.2 Å². The zero-order chi connectivity index (χ0) is 17.8. The predicted octanol–water partition coefficient (Wildman–Crippen LogP) is 1.90. The van der Waals surface area contributed by atoms with Gasteiger partial charge in [-0.3, -0.25) is 4.79 Å². The maximum atomic E-state index is 12.3. The summed E-state index contributed by atoms with van der Waals surface area (Å²) in [7, 11) is -2.96. The van der Waals surface area contributed by atoms with E-state index in [0.29, 0.717) is 0 Å². The van der Waals surface area contributed by atoms with Gasteiger partial charge in [0.05, 0.1) is 17.7 Å². The summed E-state index contributed by atoms with van der Waals surface area (Å²) in [6.07, 6.45) is 0.131. The van der Waals surface area contributed by atoms with Crippen LogP contribution in [0.4, 0.5) is 0 Å². The molecule has 0 saturated carbocycles. The molecule has 0 heterocycles. The van der Waals surface area contributed by atoms with Gasteiger partial charge in [0.1, 0.15) is 10.9 Å². The molecule has 9 heteroatoms. The van der Waals surface area contributed by atoms with Crippen LogP contribution in [0.3, 0.4) is 0 Å². The van der Waals surface area contributed by atoms with Crippen LogP contribution in [0.25, 0.3) is 0 Å². The minimum Gasteiger partial charge on any atom is -0.480 e. The summed E-state index contributed by atoms with van der Waals surface area (Å²) in [6.45, 7) is 3.56. The number of aliphatic carboxylic acids is 1. The van der Waals surface area contributed by atoms with E-state index in [1.54, 1.807) is 13.8 Å². The first-order valence-electron chi connectivity index (χ1n) is 6.71. The van der Waals surface area contributed by atoms with Crippen molar-refractivity contribution in [1.29, 1.82) is 0 Å². The van der Waals surface area contributed by atoms with Gasteiger partial charge >= 0.3 is 11.9 Å².